The summed E-state index contributed by atoms with van der Waals surface area (Å²) in [5.41, 5.74) is 1.39. The van der Waals surface area contributed by atoms with Gasteiger partial charge in [-0.2, -0.15) is 5.10 Å². The second kappa shape index (κ2) is 8.08. The monoisotopic (exact) mass is 379 g/mol. The molecule has 4 rings (SSSR count). The van der Waals surface area contributed by atoms with Gasteiger partial charge < -0.3 is 14.6 Å². The molecule has 4 heterocycles. The smallest absolute Gasteiger partial charge is 0.257 e. The van der Waals surface area contributed by atoms with Crippen LogP contribution in [0.4, 0.5) is 0 Å². The highest BCUT2D eigenvalue weighted by molar-refractivity contribution is 5.94. The Labute approximate surface area is 162 Å². The van der Waals surface area contributed by atoms with Crippen molar-refractivity contribution in [2.75, 3.05) is 13.1 Å². The lowest BCUT2D eigenvalue weighted by atomic mass is 9.96. The van der Waals surface area contributed by atoms with Crippen LogP contribution in [0.2, 0.25) is 0 Å². The minimum absolute atomic E-state index is 0.0556. The fourth-order valence-corrected chi connectivity index (χ4v) is 3.44. The number of nitrogens with one attached hydrogen (secondary N) is 1. The highest BCUT2D eigenvalue weighted by atomic mass is 16.3. The molecule has 1 atom stereocenters. The third-order valence-electron chi connectivity index (χ3n) is 4.89. The Morgan fingerprint density at radius 1 is 1.25 bits per heavy atom. The summed E-state index contributed by atoms with van der Waals surface area (Å²) in [6.07, 6.45) is 9.67. The van der Waals surface area contributed by atoms with Crippen LogP contribution in [0.25, 0.3) is 5.82 Å². The van der Waals surface area contributed by atoms with Gasteiger partial charge in [0, 0.05) is 43.8 Å². The predicted molar refractivity (Wildman–Crippen MR) is 101 cm³/mol. The Kier molecular flexibility index (Phi) is 5.18. The van der Waals surface area contributed by atoms with E-state index in [0.29, 0.717) is 31.0 Å². The average Bonchev–Trinajstić information content (AvgIpc) is 3.46. The maximum absolute atomic E-state index is 12.7. The van der Waals surface area contributed by atoms with Gasteiger partial charge in [-0.25, -0.2) is 9.67 Å². The third-order valence-corrected chi connectivity index (χ3v) is 4.89. The van der Waals surface area contributed by atoms with Crippen LogP contribution in [0.3, 0.4) is 0 Å². The van der Waals surface area contributed by atoms with E-state index in [2.05, 4.69) is 15.4 Å². The van der Waals surface area contributed by atoms with Gasteiger partial charge in [-0.15, -0.1) is 0 Å². The van der Waals surface area contributed by atoms with Crippen molar-refractivity contribution < 1.29 is 14.0 Å². The van der Waals surface area contributed by atoms with Crippen molar-refractivity contribution in [3.8, 4) is 5.82 Å². The molecule has 0 unspecified atom stereocenters. The maximum Gasteiger partial charge on any atom is 0.257 e. The second-order valence-electron chi connectivity index (χ2n) is 6.76. The number of hydrogen-bond donors (Lipinski definition) is 1. The maximum atomic E-state index is 12.7. The molecule has 0 radical (unpaired) electrons. The Hall–Kier alpha value is -3.42. The van der Waals surface area contributed by atoms with Crippen molar-refractivity contribution in [3.63, 3.8) is 0 Å². The Bertz CT molecular complexity index is 937. The fraction of sp³-hybridized carbons (Fsp3) is 0.300. The largest absolute Gasteiger partial charge is 0.472 e. The molecule has 144 valence electrons. The van der Waals surface area contributed by atoms with Crippen LogP contribution in [0.15, 0.2) is 59.8 Å². The summed E-state index contributed by atoms with van der Waals surface area (Å²) in [5, 5.41) is 7.20. The number of pyridine rings is 1. The number of aromatic nitrogens is 3. The van der Waals surface area contributed by atoms with Crippen LogP contribution < -0.4 is 5.32 Å². The van der Waals surface area contributed by atoms with E-state index in [1.54, 1.807) is 28.0 Å². The molecule has 1 saturated heterocycles. The Morgan fingerprint density at radius 2 is 2.18 bits per heavy atom. The summed E-state index contributed by atoms with van der Waals surface area (Å²) >= 11 is 0. The predicted octanol–water partition coefficient (Wildman–Crippen LogP) is 2.03. The third kappa shape index (κ3) is 3.80. The number of amides is 2. The number of nitrogens with zero attached hydrogens (tertiary/aromatic N) is 4. The molecule has 0 aromatic carbocycles. The summed E-state index contributed by atoms with van der Waals surface area (Å²) in [5.74, 6) is 0.307. The molecule has 8 heteroatoms. The van der Waals surface area contributed by atoms with Gasteiger partial charge in [-0.1, -0.05) is 6.07 Å². The van der Waals surface area contributed by atoms with Crippen molar-refractivity contribution in [2.45, 2.75) is 19.4 Å². The molecule has 8 nitrogen and oxygen atoms in total. The van der Waals surface area contributed by atoms with E-state index in [4.69, 9.17) is 4.42 Å². The van der Waals surface area contributed by atoms with Crippen molar-refractivity contribution >= 4 is 11.8 Å². The molecule has 1 N–H and O–H groups in total. The van der Waals surface area contributed by atoms with Gasteiger partial charge >= 0.3 is 0 Å². The minimum Gasteiger partial charge on any atom is -0.472 e. The van der Waals surface area contributed by atoms with E-state index in [1.807, 2.05) is 24.4 Å². The molecule has 3 aromatic rings. The van der Waals surface area contributed by atoms with Gasteiger partial charge in [0.2, 0.25) is 5.91 Å². The van der Waals surface area contributed by atoms with E-state index in [9.17, 15) is 9.59 Å². The van der Waals surface area contributed by atoms with E-state index in [0.717, 1.165) is 18.4 Å². The van der Waals surface area contributed by atoms with Crippen LogP contribution in [0.5, 0.6) is 0 Å². The highest BCUT2D eigenvalue weighted by Crippen LogP contribution is 2.19. The van der Waals surface area contributed by atoms with E-state index >= 15 is 0 Å². The molecule has 0 saturated carbocycles. The summed E-state index contributed by atoms with van der Waals surface area (Å²) in [4.78, 5) is 31.3. The highest BCUT2D eigenvalue weighted by Gasteiger charge is 2.29. The zero-order valence-electron chi connectivity index (χ0n) is 15.3. The average molecular weight is 379 g/mol. The molecule has 1 aliphatic heterocycles. The van der Waals surface area contributed by atoms with Crippen LogP contribution in [0.1, 0.15) is 28.8 Å². The first kappa shape index (κ1) is 18.0. The van der Waals surface area contributed by atoms with Crippen LogP contribution in [-0.4, -0.2) is 44.6 Å². The van der Waals surface area contributed by atoms with Crippen LogP contribution >= 0.6 is 0 Å². The first-order valence-corrected chi connectivity index (χ1v) is 9.25. The molecule has 0 spiro atoms. The number of furan rings is 1. The molecule has 3 aromatic heterocycles. The van der Waals surface area contributed by atoms with E-state index < -0.39 is 0 Å². The Balaban J connectivity index is 1.39. The number of piperidine rings is 1. The SMILES string of the molecule is O=C(NCc1cccnc1-n1cccn1)[C@@H]1CCCN(C(=O)c2ccoc2)C1. The molecule has 28 heavy (non-hydrogen) atoms. The quantitative estimate of drug-likeness (QED) is 0.732. The zero-order chi connectivity index (χ0) is 19.3. The lowest BCUT2D eigenvalue weighted by molar-refractivity contribution is -0.126. The summed E-state index contributed by atoms with van der Waals surface area (Å²) in [6.45, 7) is 1.42. The Morgan fingerprint density at radius 3 is 2.96 bits per heavy atom. The molecular weight excluding hydrogens is 358 g/mol. The normalized spacial score (nSPS) is 16.7. The summed E-state index contributed by atoms with van der Waals surface area (Å²) in [6, 6.07) is 7.22. The number of likely N-dealkylation sites (tertiary alicyclic amines) is 1. The molecule has 1 aliphatic rings. The lowest BCUT2D eigenvalue weighted by Crippen LogP contribution is -2.45. The molecule has 2 amide bonds. The van der Waals surface area contributed by atoms with Crippen LogP contribution in [0, 0.1) is 5.92 Å². The topological polar surface area (TPSA) is 93.3 Å². The number of carbonyl (C=O) groups excluding carboxylic acids is 2. The summed E-state index contributed by atoms with van der Waals surface area (Å²) in [7, 11) is 0. The zero-order valence-corrected chi connectivity index (χ0v) is 15.3. The number of rotatable bonds is 5. The minimum atomic E-state index is -0.227. The molecular formula is C20H21N5O3. The van der Waals surface area contributed by atoms with Gasteiger partial charge in [0.15, 0.2) is 5.82 Å². The number of carbonyl (C=O) groups is 2. The fourth-order valence-electron chi connectivity index (χ4n) is 3.44. The van der Waals surface area contributed by atoms with Crippen molar-refractivity contribution in [2.24, 2.45) is 5.92 Å². The first-order chi connectivity index (χ1) is 13.7. The van der Waals surface area contributed by atoms with Crippen molar-refractivity contribution in [1.82, 2.24) is 25.0 Å². The van der Waals surface area contributed by atoms with Crippen LogP contribution in [-0.2, 0) is 11.3 Å². The van der Waals surface area contributed by atoms with Crippen molar-refractivity contribution in [1.29, 1.82) is 0 Å². The van der Waals surface area contributed by atoms with Crippen molar-refractivity contribution in [3.05, 3.63) is 66.5 Å². The van der Waals surface area contributed by atoms with E-state index in [1.165, 1.54) is 12.5 Å². The lowest BCUT2D eigenvalue weighted by Gasteiger charge is -2.31. The second-order valence-corrected chi connectivity index (χ2v) is 6.76. The van der Waals surface area contributed by atoms with Gasteiger partial charge in [-0.05, 0) is 31.0 Å². The van der Waals surface area contributed by atoms with E-state index in [-0.39, 0.29) is 17.7 Å². The number of hydrogen-bond acceptors (Lipinski definition) is 5. The van der Waals surface area contributed by atoms with Gasteiger partial charge in [0.25, 0.3) is 5.91 Å². The molecule has 1 fully saturated rings. The molecule has 0 bridgehead atoms. The molecule has 0 aliphatic carbocycles. The first-order valence-electron chi connectivity index (χ1n) is 9.25. The standard InChI is InChI=1S/C20H21N5O3/c26-19(16-5-2-9-24(13-16)20(27)17-6-11-28-14-17)22-12-15-4-1-7-21-18(15)25-10-3-8-23-25/h1,3-4,6-8,10-11,14,16H,2,5,9,12-13H2,(H,22,26)/t16-/m1/s1. The van der Waals surface area contributed by atoms with Gasteiger partial charge in [0.1, 0.15) is 6.26 Å². The van der Waals surface area contributed by atoms with Gasteiger partial charge in [-0.3, -0.25) is 9.59 Å². The van der Waals surface area contributed by atoms with Gasteiger partial charge in [0.05, 0.1) is 17.7 Å². The summed E-state index contributed by atoms with van der Waals surface area (Å²) < 4.78 is 6.66.